The van der Waals surface area contributed by atoms with Gasteiger partial charge in [0, 0.05) is 5.69 Å². The highest BCUT2D eigenvalue weighted by molar-refractivity contribution is 8.00. The number of fused-ring (bicyclic) bond motifs is 3. The minimum Gasteiger partial charge on any atom is -0.462 e. The number of benzene rings is 1. The van der Waals surface area contributed by atoms with Gasteiger partial charge in [-0.25, -0.2) is 4.79 Å². The maximum Gasteiger partial charge on any atom is 0.338 e. The Morgan fingerprint density at radius 1 is 1.16 bits per heavy atom. The molecule has 1 N–H and O–H groups in total. The molecule has 1 aromatic carbocycles. The van der Waals surface area contributed by atoms with Crippen LogP contribution in [0.3, 0.4) is 0 Å². The summed E-state index contributed by atoms with van der Waals surface area (Å²) in [6.45, 7) is 5.98. The van der Waals surface area contributed by atoms with E-state index in [9.17, 15) is 9.59 Å². The van der Waals surface area contributed by atoms with E-state index >= 15 is 0 Å². The number of esters is 1. The summed E-state index contributed by atoms with van der Waals surface area (Å²) in [6, 6.07) is 10.9. The lowest BCUT2D eigenvalue weighted by Crippen LogP contribution is -2.25. The second-order valence-corrected chi connectivity index (χ2v) is 9.03. The lowest BCUT2D eigenvalue weighted by atomic mass is 10.2. The molecule has 160 valence electrons. The van der Waals surface area contributed by atoms with Gasteiger partial charge in [-0.2, -0.15) is 0 Å². The summed E-state index contributed by atoms with van der Waals surface area (Å²) in [4.78, 5) is 24.7. The number of aryl methyl sites for hydroxylation is 1. The number of rotatable bonds is 7. The maximum atomic E-state index is 12.9. The molecule has 0 aliphatic heterocycles. The molecule has 3 heterocycles. The van der Waals surface area contributed by atoms with Crippen LogP contribution in [-0.2, 0) is 9.53 Å². The smallest absolute Gasteiger partial charge is 0.338 e. The summed E-state index contributed by atoms with van der Waals surface area (Å²) in [6.07, 6.45) is 0.633. The summed E-state index contributed by atoms with van der Waals surface area (Å²) in [5.74, 6) is 0.314. The van der Waals surface area contributed by atoms with Crippen LogP contribution in [-0.4, -0.2) is 38.3 Å². The van der Waals surface area contributed by atoms with Crippen molar-refractivity contribution >= 4 is 56.4 Å². The van der Waals surface area contributed by atoms with Crippen molar-refractivity contribution in [3.05, 3.63) is 53.2 Å². The lowest BCUT2D eigenvalue weighted by molar-refractivity contribution is -0.115. The molecule has 0 saturated heterocycles. The minimum atomic E-state index is -0.378. The number of ether oxygens (including phenoxy) is 1. The number of nitrogens with zero attached hydrogens (tertiary/aromatic N) is 3. The van der Waals surface area contributed by atoms with Crippen molar-refractivity contribution in [2.75, 3.05) is 11.9 Å². The molecule has 9 heteroatoms. The highest BCUT2D eigenvalue weighted by Crippen LogP contribution is 2.33. The SMILES string of the molecule is CCOC(=O)c1ccc(NC(=O)C(CC)Sc2nnc(C)n3c2cc2sccc23)cc1. The minimum absolute atomic E-state index is 0.120. The van der Waals surface area contributed by atoms with E-state index in [1.807, 2.05) is 13.8 Å². The van der Waals surface area contributed by atoms with Crippen LogP contribution in [0.5, 0.6) is 0 Å². The van der Waals surface area contributed by atoms with Crippen LogP contribution >= 0.6 is 23.1 Å². The van der Waals surface area contributed by atoms with Gasteiger partial charge < -0.3 is 10.1 Å². The summed E-state index contributed by atoms with van der Waals surface area (Å²) in [5, 5.41) is 14.1. The van der Waals surface area contributed by atoms with E-state index in [0.29, 0.717) is 24.3 Å². The van der Waals surface area contributed by atoms with Crippen LogP contribution in [0, 0.1) is 6.92 Å². The summed E-state index contributed by atoms with van der Waals surface area (Å²) in [7, 11) is 0. The number of anilines is 1. The van der Waals surface area contributed by atoms with Gasteiger partial charge in [-0.05, 0) is 62.0 Å². The molecule has 0 aliphatic rings. The quantitative estimate of drug-likeness (QED) is 0.314. The van der Waals surface area contributed by atoms with Crippen molar-refractivity contribution in [1.82, 2.24) is 14.6 Å². The molecule has 1 amide bonds. The van der Waals surface area contributed by atoms with E-state index in [-0.39, 0.29) is 17.1 Å². The van der Waals surface area contributed by atoms with Gasteiger partial charge in [0.25, 0.3) is 0 Å². The van der Waals surface area contributed by atoms with Crippen molar-refractivity contribution in [2.24, 2.45) is 0 Å². The number of carbonyl (C=O) groups excluding carboxylic acids is 2. The van der Waals surface area contributed by atoms with Gasteiger partial charge in [-0.15, -0.1) is 21.5 Å². The molecule has 0 bridgehead atoms. The molecule has 1 unspecified atom stereocenters. The third-order valence-corrected chi connectivity index (χ3v) is 7.03. The number of nitrogens with one attached hydrogen (secondary N) is 1. The van der Waals surface area contributed by atoms with Crippen molar-refractivity contribution in [1.29, 1.82) is 0 Å². The molecular formula is C22H22N4O3S2. The molecular weight excluding hydrogens is 432 g/mol. The van der Waals surface area contributed by atoms with E-state index in [2.05, 4.69) is 37.4 Å². The Bertz CT molecular complexity index is 1250. The van der Waals surface area contributed by atoms with Gasteiger partial charge in [-0.3, -0.25) is 9.20 Å². The van der Waals surface area contributed by atoms with Crippen molar-refractivity contribution in [3.63, 3.8) is 0 Å². The van der Waals surface area contributed by atoms with E-state index in [1.165, 1.54) is 16.5 Å². The largest absolute Gasteiger partial charge is 0.462 e. The van der Waals surface area contributed by atoms with E-state index in [1.54, 1.807) is 42.5 Å². The molecule has 0 radical (unpaired) electrons. The highest BCUT2D eigenvalue weighted by atomic mass is 32.2. The Morgan fingerprint density at radius 2 is 1.94 bits per heavy atom. The molecule has 0 aliphatic carbocycles. The molecule has 0 spiro atoms. The van der Waals surface area contributed by atoms with E-state index < -0.39 is 0 Å². The Labute approximate surface area is 187 Å². The maximum absolute atomic E-state index is 12.9. The monoisotopic (exact) mass is 454 g/mol. The standard InChI is InChI=1S/C22H22N4O3S2/c1-4-18(20(27)23-15-8-6-14(7-9-15)22(28)29-5-2)31-21-17-12-19-16(10-11-30-19)26(17)13(3)24-25-21/h6-12,18H,4-5H2,1-3H3,(H,23,27). The van der Waals surface area contributed by atoms with Gasteiger partial charge in [0.15, 0.2) is 0 Å². The van der Waals surface area contributed by atoms with Gasteiger partial charge in [0.05, 0.1) is 33.2 Å². The average Bonchev–Trinajstić information content (AvgIpc) is 3.36. The van der Waals surface area contributed by atoms with E-state index in [4.69, 9.17) is 4.74 Å². The predicted octanol–water partition coefficient (Wildman–Crippen LogP) is 4.94. The average molecular weight is 455 g/mol. The van der Waals surface area contributed by atoms with Gasteiger partial charge >= 0.3 is 5.97 Å². The molecule has 0 fully saturated rings. The number of amides is 1. The molecule has 31 heavy (non-hydrogen) atoms. The third-order valence-electron chi connectivity index (χ3n) is 4.83. The molecule has 7 nitrogen and oxygen atoms in total. The first-order valence-electron chi connectivity index (χ1n) is 9.98. The number of hydrogen-bond acceptors (Lipinski definition) is 7. The van der Waals surface area contributed by atoms with Crippen molar-refractivity contribution in [3.8, 4) is 0 Å². The van der Waals surface area contributed by atoms with Crippen LogP contribution in [0.2, 0.25) is 0 Å². The summed E-state index contributed by atoms with van der Waals surface area (Å²) < 4.78 is 8.24. The first-order chi connectivity index (χ1) is 15.0. The molecule has 1 atom stereocenters. The third kappa shape index (κ3) is 4.28. The highest BCUT2D eigenvalue weighted by Gasteiger charge is 2.22. The fraction of sp³-hybridized carbons (Fsp3) is 0.273. The van der Waals surface area contributed by atoms with Crippen molar-refractivity contribution < 1.29 is 14.3 Å². The Morgan fingerprint density at radius 3 is 2.65 bits per heavy atom. The fourth-order valence-corrected chi connectivity index (χ4v) is 5.08. The number of thioether (sulfide) groups is 1. The topological polar surface area (TPSA) is 85.6 Å². The van der Waals surface area contributed by atoms with Gasteiger partial charge in [0.2, 0.25) is 5.91 Å². The molecule has 3 aromatic heterocycles. The number of carbonyl (C=O) groups is 2. The number of aromatic nitrogens is 3. The van der Waals surface area contributed by atoms with Crippen LogP contribution in [0.15, 0.2) is 46.8 Å². The second-order valence-electron chi connectivity index (χ2n) is 6.89. The Balaban J connectivity index is 1.52. The van der Waals surface area contributed by atoms with Crippen LogP contribution in [0.25, 0.3) is 15.7 Å². The zero-order chi connectivity index (χ0) is 22.0. The Hall–Kier alpha value is -2.91. The summed E-state index contributed by atoms with van der Waals surface area (Å²) >= 11 is 3.08. The summed E-state index contributed by atoms with van der Waals surface area (Å²) in [5.41, 5.74) is 3.14. The zero-order valence-electron chi connectivity index (χ0n) is 17.4. The second kappa shape index (κ2) is 9.07. The van der Waals surface area contributed by atoms with Gasteiger partial charge in [-0.1, -0.05) is 18.7 Å². The Kier molecular flexibility index (Phi) is 6.24. The lowest BCUT2D eigenvalue weighted by Gasteiger charge is -2.15. The first kappa shape index (κ1) is 21.3. The molecule has 4 aromatic rings. The van der Waals surface area contributed by atoms with Crippen LogP contribution in [0.4, 0.5) is 5.69 Å². The number of thiophene rings is 1. The first-order valence-corrected chi connectivity index (χ1v) is 11.7. The van der Waals surface area contributed by atoms with Gasteiger partial charge in [0.1, 0.15) is 10.9 Å². The molecule has 0 saturated carbocycles. The number of hydrogen-bond donors (Lipinski definition) is 1. The predicted molar refractivity (Wildman–Crippen MR) is 124 cm³/mol. The van der Waals surface area contributed by atoms with Crippen LogP contribution < -0.4 is 5.32 Å². The molecule has 4 rings (SSSR count). The van der Waals surface area contributed by atoms with Crippen molar-refractivity contribution in [2.45, 2.75) is 37.5 Å². The zero-order valence-corrected chi connectivity index (χ0v) is 19.0. The normalized spacial score (nSPS) is 12.2. The van der Waals surface area contributed by atoms with Crippen LogP contribution in [0.1, 0.15) is 36.5 Å². The fourth-order valence-electron chi connectivity index (χ4n) is 3.31. The van der Waals surface area contributed by atoms with E-state index in [0.717, 1.165) is 21.9 Å².